The lowest BCUT2D eigenvalue weighted by Gasteiger charge is -2.51. The van der Waals surface area contributed by atoms with Crippen LogP contribution in [-0.4, -0.2) is 50.5 Å². The molecular formula is C29H31Cl3F3N3O4. The number of halogens is 6. The minimum Gasteiger partial charge on any atom is -0.481 e. The van der Waals surface area contributed by atoms with Gasteiger partial charge >= 0.3 is 12.1 Å². The predicted octanol–water partition coefficient (Wildman–Crippen LogP) is 7.76. The Morgan fingerprint density at radius 2 is 1.57 bits per heavy atom. The zero-order chi connectivity index (χ0) is 30.8. The van der Waals surface area contributed by atoms with Gasteiger partial charge in [-0.25, -0.2) is 0 Å². The standard InChI is InChI=1S/C29H31Cl3F3N3O4/c1-26(2)11-16(12-26)14-37(15-21(39)22-19(31)9-17(30)10-20(22)32)24(40)18-13-36-38(23(18)29(33,34)35)28-6-3-27(4-7-28,5-8-28)25(41)42/h9-10,13,16H,3-8,11-12,14-15H2,1-2H3,(H,41,42). The molecule has 0 saturated heterocycles. The Kier molecular flexibility index (Phi) is 7.93. The first kappa shape index (κ1) is 31.1. The molecule has 228 valence electrons. The summed E-state index contributed by atoms with van der Waals surface area (Å²) in [7, 11) is 0. The molecule has 1 amide bonds. The van der Waals surface area contributed by atoms with E-state index in [4.69, 9.17) is 34.8 Å². The lowest BCUT2D eigenvalue weighted by molar-refractivity contribution is -0.163. The first-order valence-corrected chi connectivity index (χ1v) is 15.0. The van der Waals surface area contributed by atoms with Crippen LogP contribution in [0, 0.1) is 16.7 Å². The molecule has 1 heterocycles. The summed E-state index contributed by atoms with van der Waals surface area (Å²) in [6.45, 7) is 3.66. The van der Waals surface area contributed by atoms with Gasteiger partial charge in [-0.3, -0.25) is 19.1 Å². The number of carbonyl (C=O) groups excluding carboxylic acids is 2. The van der Waals surface area contributed by atoms with E-state index in [0.717, 1.165) is 28.6 Å². The maximum atomic E-state index is 14.7. The van der Waals surface area contributed by atoms with Crippen LogP contribution in [0.15, 0.2) is 18.3 Å². The maximum absolute atomic E-state index is 14.7. The summed E-state index contributed by atoms with van der Waals surface area (Å²) in [5.74, 6) is -2.52. The molecule has 0 radical (unpaired) electrons. The fourth-order valence-corrected chi connectivity index (χ4v) is 8.36. The van der Waals surface area contributed by atoms with E-state index in [0.29, 0.717) is 0 Å². The fourth-order valence-electron chi connectivity index (χ4n) is 7.34. The third-order valence-corrected chi connectivity index (χ3v) is 10.3. The Morgan fingerprint density at radius 3 is 2.05 bits per heavy atom. The van der Waals surface area contributed by atoms with Crippen molar-refractivity contribution in [2.24, 2.45) is 16.7 Å². The summed E-state index contributed by atoms with van der Waals surface area (Å²) in [5, 5.41) is 14.0. The molecule has 0 aliphatic heterocycles. The van der Waals surface area contributed by atoms with Crippen molar-refractivity contribution >= 4 is 52.5 Å². The highest BCUT2D eigenvalue weighted by molar-refractivity contribution is 6.42. The van der Waals surface area contributed by atoms with Crippen molar-refractivity contribution in [3.8, 4) is 0 Å². The number of Topliss-reactive ketones (excluding diaryl/α,β-unsaturated/α-hetero) is 1. The van der Waals surface area contributed by atoms with E-state index < -0.39 is 52.6 Å². The summed E-state index contributed by atoms with van der Waals surface area (Å²) in [6.07, 6.45) is -1.15. The fraction of sp³-hybridized carbons (Fsp3) is 0.586. The van der Waals surface area contributed by atoms with Crippen LogP contribution in [0.2, 0.25) is 15.1 Å². The zero-order valence-electron chi connectivity index (χ0n) is 23.2. The molecule has 6 rings (SSSR count). The van der Waals surface area contributed by atoms with Crippen LogP contribution < -0.4 is 0 Å². The molecule has 42 heavy (non-hydrogen) atoms. The lowest BCUT2D eigenvalue weighted by atomic mass is 9.57. The zero-order valence-corrected chi connectivity index (χ0v) is 25.4. The van der Waals surface area contributed by atoms with Crippen LogP contribution in [0.25, 0.3) is 0 Å². The summed E-state index contributed by atoms with van der Waals surface area (Å²) >= 11 is 18.4. The number of ketones is 1. The number of aliphatic carboxylic acids is 1. The van der Waals surface area contributed by atoms with Gasteiger partial charge in [-0.15, -0.1) is 0 Å². The summed E-state index contributed by atoms with van der Waals surface area (Å²) in [4.78, 5) is 40.3. The van der Waals surface area contributed by atoms with Crippen molar-refractivity contribution in [2.75, 3.05) is 13.1 Å². The van der Waals surface area contributed by atoms with E-state index in [2.05, 4.69) is 18.9 Å². The first-order chi connectivity index (χ1) is 19.5. The highest BCUT2D eigenvalue weighted by Crippen LogP contribution is 2.57. The van der Waals surface area contributed by atoms with E-state index in [1.165, 1.54) is 12.1 Å². The Balaban J connectivity index is 1.49. The lowest BCUT2D eigenvalue weighted by Crippen LogP contribution is -2.52. The third kappa shape index (κ3) is 5.54. The van der Waals surface area contributed by atoms with E-state index >= 15 is 0 Å². The van der Waals surface area contributed by atoms with Gasteiger partial charge in [0.15, 0.2) is 11.5 Å². The van der Waals surface area contributed by atoms with Gasteiger partial charge in [-0.2, -0.15) is 18.3 Å². The van der Waals surface area contributed by atoms with Crippen LogP contribution in [0.4, 0.5) is 13.2 Å². The number of nitrogens with zero attached hydrogens (tertiary/aromatic N) is 3. The number of carbonyl (C=O) groups is 3. The molecule has 2 aromatic rings. The quantitative estimate of drug-likeness (QED) is 0.296. The van der Waals surface area contributed by atoms with Crippen molar-refractivity contribution in [1.82, 2.24) is 14.7 Å². The molecule has 1 aromatic heterocycles. The number of hydrogen-bond acceptors (Lipinski definition) is 4. The summed E-state index contributed by atoms with van der Waals surface area (Å²) < 4.78 is 45.1. The number of carboxylic acid groups (broad SMARTS) is 1. The Hall–Kier alpha value is -2.30. The van der Waals surface area contributed by atoms with E-state index in [1.807, 2.05) is 0 Å². The van der Waals surface area contributed by atoms with Gasteiger partial charge in [-0.05, 0) is 74.8 Å². The number of aromatic nitrogens is 2. The molecule has 0 atom stereocenters. The molecule has 1 aromatic carbocycles. The van der Waals surface area contributed by atoms with Crippen molar-refractivity contribution < 1.29 is 32.7 Å². The SMILES string of the molecule is CC1(C)CC(CN(CC(=O)c2c(Cl)cc(Cl)cc2Cl)C(=O)c2cnn(C34CCC(C(=O)O)(CC3)CC4)c2C(F)(F)F)C1. The first-order valence-electron chi connectivity index (χ1n) is 13.8. The van der Waals surface area contributed by atoms with Gasteiger partial charge in [0.25, 0.3) is 5.91 Å². The molecule has 0 unspecified atom stereocenters. The van der Waals surface area contributed by atoms with Crippen LogP contribution in [0.5, 0.6) is 0 Å². The van der Waals surface area contributed by atoms with Crippen LogP contribution in [-0.2, 0) is 16.5 Å². The largest absolute Gasteiger partial charge is 0.481 e. The number of fused-ring (bicyclic) bond motifs is 3. The Bertz CT molecular complexity index is 1400. The average molecular weight is 649 g/mol. The van der Waals surface area contributed by atoms with E-state index in [1.54, 1.807) is 0 Å². The molecule has 0 spiro atoms. The van der Waals surface area contributed by atoms with Gasteiger partial charge < -0.3 is 10.0 Å². The third-order valence-electron chi connectivity index (χ3n) is 9.45. The predicted molar refractivity (Wildman–Crippen MR) is 151 cm³/mol. The van der Waals surface area contributed by atoms with E-state index in [9.17, 15) is 32.7 Å². The molecule has 4 aliphatic carbocycles. The summed E-state index contributed by atoms with van der Waals surface area (Å²) in [6, 6.07) is 2.67. The normalized spacial score (nSPS) is 25.2. The number of carboxylic acids is 1. The van der Waals surface area contributed by atoms with Crippen molar-refractivity contribution in [3.05, 3.63) is 50.2 Å². The minimum atomic E-state index is -4.92. The maximum Gasteiger partial charge on any atom is 0.433 e. The van der Waals surface area contributed by atoms with Gasteiger partial charge in [0.2, 0.25) is 0 Å². The Morgan fingerprint density at radius 1 is 1.02 bits per heavy atom. The Labute approximate surface area is 256 Å². The van der Waals surface area contributed by atoms with Crippen LogP contribution >= 0.6 is 34.8 Å². The molecule has 4 fully saturated rings. The molecule has 4 saturated carbocycles. The molecule has 4 aliphatic rings. The molecular weight excluding hydrogens is 618 g/mol. The van der Waals surface area contributed by atoms with Crippen molar-refractivity contribution in [1.29, 1.82) is 0 Å². The number of amides is 1. The summed E-state index contributed by atoms with van der Waals surface area (Å²) in [5.41, 5.74) is -3.82. The molecule has 1 N–H and O–H groups in total. The minimum absolute atomic E-state index is 0.00304. The number of alkyl halides is 3. The number of rotatable bonds is 8. The van der Waals surface area contributed by atoms with Gasteiger partial charge in [-0.1, -0.05) is 48.7 Å². The highest BCUT2D eigenvalue weighted by Gasteiger charge is 2.56. The number of benzene rings is 1. The van der Waals surface area contributed by atoms with E-state index in [-0.39, 0.29) is 77.0 Å². The van der Waals surface area contributed by atoms with Crippen molar-refractivity contribution in [3.63, 3.8) is 0 Å². The monoisotopic (exact) mass is 647 g/mol. The van der Waals surface area contributed by atoms with Crippen molar-refractivity contribution in [2.45, 2.75) is 76.9 Å². The van der Waals surface area contributed by atoms with Gasteiger partial charge in [0.05, 0.1) is 44.9 Å². The average Bonchev–Trinajstić information content (AvgIpc) is 3.34. The van der Waals surface area contributed by atoms with Gasteiger partial charge in [0, 0.05) is 11.6 Å². The second kappa shape index (κ2) is 10.7. The number of hydrogen-bond donors (Lipinski definition) is 1. The molecule has 13 heteroatoms. The topological polar surface area (TPSA) is 92.5 Å². The molecule has 7 nitrogen and oxygen atoms in total. The smallest absolute Gasteiger partial charge is 0.433 e. The second-order valence-electron chi connectivity index (χ2n) is 12.9. The highest BCUT2D eigenvalue weighted by atomic mass is 35.5. The second-order valence-corrected chi connectivity index (χ2v) is 14.2. The molecule has 2 bridgehead atoms. The van der Waals surface area contributed by atoms with Crippen LogP contribution in [0.3, 0.4) is 0 Å². The van der Waals surface area contributed by atoms with Crippen LogP contribution in [0.1, 0.15) is 91.6 Å². The van der Waals surface area contributed by atoms with Gasteiger partial charge in [0.1, 0.15) is 0 Å².